The molecule has 0 amide bonds. The fraction of sp³-hybridized carbons (Fsp3) is 0.771. The molecule has 1 aliphatic heterocycles. The molecule has 1 fully saturated rings. The summed E-state index contributed by atoms with van der Waals surface area (Å²) < 4.78 is 21.7. The first-order valence-electron chi connectivity index (χ1n) is 23.2. The predicted octanol–water partition coefficient (Wildman–Crippen LogP) is 10.1. The standard InChI is InChI=1S/C48H82O11/c1-3-5-7-9-11-13-15-17-19-20-21-23-24-26-28-30-32-34-36-41(49)56-38-40(39-57-48-45(53)43(51)44(52)46(59-48)47(54)55)58-42(50)37-35-33-31-29-27-25-22-18-16-14-12-10-8-6-4-2/h12-15,18-20,22,40,43-46,48,51-53H,3-11,16-17,21,23-39H2,1-2H3,(H,54,55)/b14-12-,15-13-,20-19-,22-18-. The zero-order chi connectivity index (χ0) is 43.2. The Morgan fingerprint density at radius 3 is 1.44 bits per heavy atom. The highest BCUT2D eigenvalue weighted by atomic mass is 16.7. The third-order valence-electron chi connectivity index (χ3n) is 10.4. The van der Waals surface area contributed by atoms with Gasteiger partial charge in [-0.25, -0.2) is 4.79 Å². The summed E-state index contributed by atoms with van der Waals surface area (Å²) in [7, 11) is 0. The van der Waals surface area contributed by atoms with Crippen molar-refractivity contribution in [2.75, 3.05) is 13.2 Å². The number of carboxylic acids is 1. The number of carbonyl (C=O) groups is 3. The van der Waals surface area contributed by atoms with Crippen molar-refractivity contribution in [3.63, 3.8) is 0 Å². The zero-order valence-corrected chi connectivity index (χ0v) is 36.7. The van der Waals surface area contributed by atoms with E-state index in [1.807, 2.05) is 0 Å². The van der Waals surface area contributed by atoms with Gasteiger partial charge in [-0.2, -0.15) is 0 Å². The van der Waals surface area contributed by atoms with Crippen LogP contribution in [0.2, 0.25) is 0 Å². The molecule has 6 unspecified atom stereocenters. The van der Waals surface area contributed by atoms with E-state index in [4.69, 9.17) is 18.9 Å². The molecular formula is C48H82O11. The van der Waals surface area contributed by atoms with Gasteiger partial charge in [-0.05, 0) is 77.0 Å². The molecule has 340 valence electrons. The lowest BCUT2D eigenvalue weighted by Gasteiger charge is -2.38. The van der Waals surface area contributed by atoms with Crippen LogP contribution in [0.15, 0.2) is 48.6 Å². The number of esters is 2. The van der Waals surface area contributed by atoms with Crippen molar-refractivity contribution in [2.24, 2.45) is 0 Å². The lowest BCUT2D eigenvalue weighted by molar-refractivity contribution is -0.298. The van der Waals surface area contributed by atoms with Gasteiger partial charge in [0.25, 0.3) is 0 Å². The highest BCUT2D eigenvalue weighted by Crippen LogP contribution is 2.23. The van der Waals surface area contributed by atoms with Crippen LogP contribution in [0.1, 0.15) is 187 Å². The van der Waals surface area contributed by atoms with Gasteiger partial charge in [0.05, 0.1) is 6.61 Å². The third kappa shape index (κ3) is 29.9. The average molecular weight is 835 g/mol. The molecule has 0 spiro atoms. The van der Waals surface area contributed by atoms with Gasteiger partial charge in [-0.3, -0.25) is 9.59 Å². The SMILES string of the molecule is CCCCC/C=C\C/C=C\CCCCCCCC(=O)OC(COC(=O)CCCCCCCCC/C=C\C/C=C\CCCCCC)COC1OC(C(=O)O)C(O)C(O)C1O. The minimum absolute atomic E-state index is 0.164. The topological polar surface area (TPSA) is 169 Å². The molecule has 11 heteroatoms. The number of carboxylic acid groups (broad SMARTS) is 1. The Morgan fingerprint density at radius 1 is 0.525 bits per heavy atom. The summed E-state index contributed by atoms with van der Waals surface area (Å²) in [5.74, 6) is -2.47. The van der Waals surface area contributed by atoms with Crippen molar-refractivity contribution < 1.29 is 53.8 Å². The van der Waals surface area contributed by atoms with E-state index in [1.54, 1.807) is 0 Å². The summed E-state index contributed by atoms with van der Waals surface area (Å²) in [6, 6.07) is 0. The Bertz CT molecular complexity index is 1170. The van der Waals surface area contributed by atoms with Crippen LogP contribution in [-0.2, 0) is 33.3 Å². The van der Waals surface area contributed by atoms with E-state index < -0.39 is 61.3 Å². The maximum absolute atomic E-state index is 12.8. The molecule has 0 aromatic carbocycles. The minimum Gasteiger partial charge on any atom is -0.479 e. The van der Waals surface area contributed by atoms with E-state index in [0.717, 1.165) is 77.0 Å². The fourth-order valence-electron chi connectivity index (χ4n) is 6.70. The number of rotatable bonds is 38. The van der Waals surface area contributed by atoms with Gasteiger partial charge >= 0.3 is 17.9 Å². The highest BCUT2D eigenvalue weighted by molar-refractivity contribution is 5.73. The molecule has 1 saturated heterocycles. The molecule has 59 heavy (non-hydrogen) atoms. The van der Waals surface area contributed by atoms with Crippen molar-refractivity contribution in [2.45, 2.75) is 224 Å². The van der Waals surface area contributed by atoms with Gasteiger partial charge in [0.2, 0.25) is 0 Å². The first kappa shape index (κ1) is 54.2. The lowest BCUT2D eigenvalue weighted by Crippen LogP contribution is -2.60. The molecule has 1 heterocycles. The molecule has 1 rings (SSSR count). The largest absolute Gasteiger partial charge is 0.479 e. The van der Waals surface area contributed by atoms with Gasteiger partial charge in [-0.1, -0.05) is 146 Å². The van der Waals surface area contributed by atoms with E-state index in [1.165, 1.54) is 70.6 Å². The zero-order valence-electron chi connectivity index (χ0n) is 36.7. The van der Waals surface area contributed by atoms with E-state index in [2.05, 4.69) is 62.5 Å². The summed E-state index contributed by atoms with van der Waals surface area (Å²) in [6.07, 6.45) is 35.8. The van der Waals surface area contributed by atoms with Crippen LogP contribution in [0.5, 0.6) is 0 Å². The number of hydrogen-bond donors (Lipinski definition) is 4. The van der Waals surface area contributed by atoms with Crippen molar-refractivity contribution in [1.29, 1.82) is 0 Å². The number of carbonyl (C=O) groups excluding carboxylic acids is 2. The maximum atomic E-state index is 12.8. The second-order valence-corrected chi connectivity index (χ2v) is 15.9. The number of unbranched alkanes of at least 4 members (excludes halogenated alkanes) is 19. The van der Waals surface area contributed by atoms with E-state index >= 15 is 0 Å². The smallest absolute Gasteiger partial charge is 0.335 e. The molecule has 6 atom stereocenters. The van der Waals surface area contributed by atoms with E-state index in [9.17, 15) is 34.8 Å². The molecular weight excluding hydrogens is 753 g/mol. The highest BCUT2D eigenvalue weighted by Gasteiger charge is 2.47. The summed E-state index contributed by atoms with van der Waals surface area (Å²) in [6.45, 7) is 3.75. The maximum Gasteiger partial charge on any atom is 0.335 e. The van der Waals surface area contributed by atoms with Crippen molar-refractivity contribution in [3.8, 4) is 0 Å². The van der Waals surface area contributed by atoms with Crippen LogP contribution in [0.3, 0.4) is 0 Å². The van der Waals surface area contributed by atoms with Crippen LogP contribution in [0.4, 0.5) is 0 Å². The Morgan fingerprint density at radius 2 is 0.949 bits per heavy atom. The lowest BCUT2D eigenvalue weighted by atomic mass is 9.99. The van der Waals surface area contributed by atoms with Crippen LogP contribution in [0.25, 0.3) is 0 Å². The summed E-state index contributed by atoms with van der Waals surface area (Å²) in [5, 5.41) is 39.8. The molecule has 11 nitrogen and oxygen atoms in total. The van der Waals surface area contributed by atoms with E-state index in [0.29, 0.717) is 12.8 Å². The second kappa shape index (κ2) is 38.1. The third-order valence-corrected chi connectivity index (χ3v) is 10.4. The number of hydrogen-bond acceptors (Lipinski definition) is 10. The summed E-state index contributed by atoms with van der Waals surface area (Å²) in [4.78, 5) is 36.8. The Hall–Kier alpha value is -2.83. The van der Waals surface area contributed by atoms with Crippen LogP contribution >= 0.6 is 0 Å². The first-order valence-corrected chi connectivity index (χ1v) is 23.2. The molecule has 0 aromatic heterocycles. The number of aliphatic hydroxyl groups excluding tert-OH is 3. The van der Waals surface area contributed by atoms with Gasteiger partial charge in [0.15, 0.2) is 18.5 Å². The van der Waals surface area contributed by atoms with E-state index in [-0.39, 0.29) is 19.4 Å². The molecule has 1 aliphatic rings. The quantitative estimate of drug-likeness (QED) is 0.0265. The van der Waals surface area contributed by atoms with Crippen molar-refractivity contribution in [1.82, 2.24) is 0 Å². The normalized spacial score (nSPS) is 20.3. The Labute approximate surface area is 356 Å². The van der Waals surface area contributed by atoms with Gasteiger partial charge in [0.1, 0.15) is 24.9 Å². The van der Waals surface area contributed by atoms with Crippen LogP contribution < -0.4 is 0 Å². The number of aliphatic carboxylic acids is 1. The second-order valence-electron chi connectivity index (χ2n) is 15.9. The van der Waals surface area contributed by atoms with Gasteiger partial charge in [-0.15, -0.1) is 0 Å². The first-order chi connectivity index (χ1) is 28.7. The molecule has 0 aromatic rings. The predicted molar refractivity (Wildman–Crippen MR) is 234 cm³/mol. The number of ether oxygens (including phenoxy) is 4. The minimum atomic E-state index is -1.87. The van der Waals surface area contributed by atoms with Gasteiger partial charge in [0, 0.05) is 12.8 Å². The fourth-order valence-corrected chi connectivity index (χ4v) is 6.70. The average Bonchev–Trinajstić information content (AvgIpc) is 3.22. The summed E-state index contributed by atoms with van der Waals surface area (Å²) in [5.41, 5.74) is 0. The monoisotopic (exact) mass is 835 g/mol. The summed E-state index contributed by atoms with van der Waals surface area (Å²) >= 11 is 0. The number of allylic oxidation sites excluding steroid dienone is 8. The van der Waals surface area contributed by atoms with Crippen molar-refractivity contribution >= 4 is 17.9 Å². The molecule has 0 bridgehead atoms. The van der Waals surface area contributed by atoms with Crippen molar-refractivity contribution in [3.05, 3.63) is 48.6 Å². The molecule has 4 N–H and O–H groups in total. The van der Waals surface area contributed by atoms with Gasteiger partial charge < -0.3 is 39.4 Å². The van der Waals surface area contributed by atoms with Crippen LogP contribution in [-0.4, -0.2) is 88.4 Å². The Kier molecular flexibility index (Phi) is 35.0. The van der Waals surface area contributed by atoms with Crippen LogP contribution in [0, 0.1) is 0 Å². The Balaban J connectivity index is 2.37. The molecule has 0 aliphatic carbocycles. The number of aliphatic hydroxyl groups is 3. The molecule has 0 radical (unpaired) electrons. The molecule has 0 saturated carbocycles.